The van der Waals surface area contributed by atoms with Crippen molar-refractivity contribution in [3.63, 3.8) is 0 Å². The molecule has 1 amide bonds. The molecule has 0 bridgehead atoms. The summed E-state index contributed by atoms with van der Waals surface area (Å²) in [5, 5.41) is 2.66. The van der Waals surface area contributed by atoms with Crippen LogP contribution in [0.3, 0.4) is 0 Å². The lowest BCUT2D eigenvalue weighted by Gasteiger charge is -2.32. The van der Waals surface area contributed by atoms with Crippen LogP contribution in [0.25, 0.3) is 0 Å². The highest BCUT2D eigenvalue weighted by molar-refractivity contribution is 7.90. The maximum atomic E-state index is 12.2. The molecule has 1 aromatic rings. The highest BCUT2D eigenvalue weighted by atomic mass is 32.2. The third-order valence-corrected chi connectivity index (χ3v) is 6.45. The molecule has 2 aliphatic rings. The number of carbonyl (C=O) groups is 1. The highest BCUT2D eigenvalue weighted by Crippen LogP contribution is 2.33. The average Bonchev–Trinajstić information content (AvgIpc) is 3.21. The minimum Gasteiger partial charge on any atom is -0.459 e. The summed E-state index contributed by atoms with van der Waals surface area (Å²) in [6.07, 6.45) is 4.83. The first kappa shape index (κ1) is 14.6. The summed E-state index contributed by atoms with van der Waals surface area (Å²) in [7, 11) is -3.10. The van der Waals surface area contributed by atoms with Crippen molar-refractivity contribution in [2.45, 2.75) is 30.9 Å². The van der Waals surface area contributed by atoms with Crippen molar-refractivity contribution in [1.82, 2.24) is 9.62 Å². The molecule has 0 radical (unpaired) electrons. The molecule has 6 nitrogen and oxygen atoms in total. The van der Waals surface area contributed by atoms with Crippen molar-refractivity contribution in [1.29, 1.82) is 0 Å². The van der Waals surface area contributed by atoms with Gasteiger partial charge in [-0.3, -0.25) is 4.79 Å². The number of furan rings is 1. The number of hydrogen-bond donors (Lipinski definition) is 1. The number of sulfonamides is 1. The molecule has 2 fully saturated rings. The van der Waals surface area contributed by atoms with Crippen molar-refractivity contribution in [2.75, 3.05) is 19.6 Å². The molecule has 7 heteroatoms. The molecular formula is C14H20N2O4S. The lowest BCUT2D eigenvalue weighted by atomic mass is 10.00. The predicted octanol–water partition coefficient (Wildman–Crippen LogP) is 1.21. The summed E-state index contributed by atoms with van der Waals surface area (Å²) in [5.41, 5.74) is 0. The van der Waals surface area contributed by atoms with E-state index in [1.165, 1.54) is 6.26 Å². The molecule has 1 N–H and O–H groups in total. The van der Waals surface area contributed by atoms with Crippen molar-refractivity contribution < 1.29 is 17.6 Å². The lowest BCUT2D eigenvalue weighted by Crippen LogP contribution is -2.44. The van der Waals surface area contributed by atoms with Crippen LogP contribution in [0.15, 0.2) is 22.8 Å². The highest BCUT2D eigenvalue weighted by Gasteiger charge is 2.41. The van der Waals surface area contributed by atoms with Gasteiger partial charge in [0.2, 0.25) is 10.0 Å². The maximum absolute atomic E-state index is 12.2. The molecule has 0 aromatic carbocycles. The molecule has 116 valence electrons. The first-order valence-electron chi connectivity index (χ1n) is 7.38. The number of carbonyl (C=O) groups excluding carboxylic acids is 1. The van der Waals surface area contributed by atoms with Gasteiger partial charge in [-0.05, 0) is 43.7 Å². The number of piperidine rings is 1. The Morgan fingerprint density at radius 3 is 2.86 bits per heavy atom. The van der Waals surface area contributed by atoms with Crippen LogP contribution in [-0.4, -0.2) is 43.5 Å². The zero-order valence-corrected chi connectivity index (χ0v) is 12.6. The zero-order chi connectivity index (χ0) is 14.9. The van der Waals surface area contributed by atoms with Crippen LogP contribution in [0.1, 0.15) is 36.2 Å². The molecule has 2 heterocycles. The second-order valence-corrected chi connectivity index (χ2v) is 8.01. The summed E-state index contributed by atoms with van der Waals surface area (Å²) in [5.74, 6) is 0.210. The SMILES string of the molecule is O=C(NC[C@H]1CCCN(S(=O)(=O)C2CC2)C1)c1ccco1. The quantitative estimate of drug-likeness (QED) is 0.886. The molecule has 1 aliphatic carbocycles. The fourth-order valence-corrected chi connectivity index (χ4v) is 4.69. The standard InChI is InChI=1S/C14H20N2O4S/c17-14(13-4-2-8-20-13)15-9-11-3-1-7-16(10-11)21(18,19)12-5-6-12/h2,4,8,11-12H,1,3,5-7,9-10H2,(H,15,17)/t11-/m1/s1. The Hall–Kier alpha value is -1.34. The smallest absolute Gasteiger partial charge is 0.286 e. The van der Waals surface area contributed by atoms with Crippen LogP contribution in [-0.2, 0) is 10.0 Å². The summed E-state index contributed by atoms with van der Waals surface area (Å²) in [6, 6.07) is 3.28. The first-order valence-corrected chi connectivity index (χ1v) is 8.88. The van der Waals surface area contributed by atoms with Gasteiger partial charge >= 0.3 is 0 Å². The van der Waals surface area contributed by atoms with E-state index >= 15 is 0 Å². The molecule has 0 unspecified atom stereocenters. The van der Waals surface area contributed by atoms with Gasteiger partial charge in [-0.1, -0.05) is 0 Å². The average molecular weight is 312 g/mol. The number of nitrogens with one attached hydrogen (secondary N) is 1. The molecule has 21 heavy (non-hydrogen) atoms. The van der Waals surface area contributed by atoms with Crippen molar-refractivity contribution >= 4 is 15.9 Å². The van der Waals surface area contributed by atoms with Crippen LogP contribution >= 0.6 is 0 Å². The molecule has 1 aliphatic heterocycles. The van der Waals surface area contributed by atoms with Crippen LogP contribution < -0.4 is 5.32 Å². The Morgan fingerprint density at radius 1 is 1.38 bits per heavy atom. The van der Waals surface area contributed by atoms with Gasteiger partial charge in [-0.2, -0.15) is 0 Å². The number of amides is 1. The molecular weight excluding hydrogens is 292 g/mol. The zero-order valence-electron chi connectivity index (χ0n) is 11.8. The topological polar surface area (TPSA) is 79.6 Å². The lowest BCUT2D eigenvalue weighted by molar-refractivity contribution is 0.0913. The van der Waals surface area contributed by atoms with Gasteiger partial charge in [-0.25, -0.2) is 12.7 Å². The predicted molar refractivity (Wildman–Crippen MR) is 77.3 cm³/mol. The van der Waals surface area contributed by atoms with E-state index < -0.39 is 10.0 Å². The van der Waals surface area contributed by atoms with E-state index in [9.17, 15) is 13.2 Å². The molecule has 1 saturated carbocycles. The van der Waals surface area contributed by atoms with Gasteiger partial charge in [0.1, 0.15) is 0 Å². The summed E-state index contributed by atoms with van der Waals surface area (Å²) >= 11 is 0. The van der Waals surface area contributed by atoms with Crippen LogP contribution in [0.5, 0.6) is 0 Å². The molecule has 3 rings (SSSR count). The van der Waals surface area contributed by atoms with E-state index in [4.69, 9.17) is 4.42 Å². The molecule has 0 spiro atoms. The van der Waals surface area contributed by atoms with E-state index in [1.54, 1.807) is 16.4 Å². The largest absolute Gasteiger partial charge is 0.459 e. The minimum absolute atomic E-state index is 0.158. The second-order valence-electron chi connectivity index (χ2n) is 5.80. The Kier molecular flexibility index (Phi) is 4.03. The molecule has 1 saturated heterocycles. The number of rotatable bonds is 5. The van der Waals surface area contributed by atoms with Gasteiger partial charge in [0.05, 0.1) is 11.5 Å². The minimum atomic E-state index is -3.10. The van der Waals surface area contributed by atoms with Gasteiger partial charge in [0.15, 0.2) is 5.76 Å². The molecule has 1 aromatic heterocycles. The van der Waals surface area contributed by atoms with Gasteiger partial charge in [-0.15, -0.1) is 0 Å². The second kappa shape index (κ2) is 5.81. The van der Waals surface area contributed by atoms with E-state index in [1.807, 2.05) is 0 Å². The summed E-state index contributed by atoms with van der Waals surface area (Å²) in [6.45, 7) is 1.61. The third-order valence-electron chi connectivity index (χ3n) is 4.08. The Bertz CT molecular complexity index is 593. The Labute approximate surface area is 124 Å². The Balaban J connectivity index is 1.53. The van der Waals surface area contributed by atoms with Gasteiger partial charge in [0.25, 0.3) is 5.91 Å². The van der Waals surface area contributed by atoms with E-state index in [2.05, 4.69) is 5.32 Å². The fourth-order valence-electron chi connectivity index (χ4n) is 2.73. The monoisotopic (exact) mass is 312 g/mol. The first-order chi connectivity index (χ1) is 10.1. The van der Waals surface area contributed by atoms with Crippen molar-refractivity contribution in [2.24, 2.45) is 5.92 Å². The fraction of sp³-hybridized carbons (Fsp3) is 0.643. The van der Waals surface area contributed by atoms with Gasteiger partial charge in [0, 0.05) is 19.6 Å². The summed E-state index contributed by atoms with van der Waals surface area (Å²) in [4.78, 5) is 11.8. The van der Waals surface area contributed by atoms with Crippen LogP contribution in [0.4, 0.5) is 0 Å². The van der Waals surface area contributed by atoms with Crippen LogP contribution in [0, 0.1) is 5.92 Å². The third kappa shape index (κ3) is 3.29. The van der Waals surface area contributed by atoms with E-state index in [0.717, 1.165) is 25.7 Å². The number of nitrogens with zero attached hydrogens (tertiary/aromatic N) is 1. The van der Waals surface area contributed by atoms with E-state index in [-0.39, 0.29) is 22.8 Å². The van der Waals surface area contributed by atoms with Crippen molar-refractivity contribution in [3.8, 4) is 0 Å². The maximum Gasteiger partial charge on any atom is 0.286 e. The van der Waals surface area contributed by atoms with E-state index in [0.29, 0.717) is 19.6 Å². The number of hydrogen-bond acceptors (Lipinski definition) is 4. The normalized spacial score (nSPS) is 23.9. The van der Waals surface area contributed by atoms with Crippen molar-refractivity contribution in [3.05, 3.63) is 24.2 Å². The molecule has 1 atom stereocenters. The van der Waals surface area contributed by atoms with Crippen LogP contribution in [0.2, 0.25) is 0 Å². The Morgan fingerprint density at radius 2 is 2.19 bits per heavy atom. The summed E-state index contributed by atoms with van der Waals surface area (Å²) < 4.78 is 31.1. The van der Waals surface area contributed by atoms with Gasteiger partial charge < -0.3 is 9.73 Å².